The second kappa shape index (κ2) is 9.49. The van der Waals surface area contributed by atoms with Gasteiger partial charge >= 0.3 is 0 Å². The zero-order valence-corrected chi connectivity index (χ0v) is 19.7. The number of para-hydroxylation sites is 1. The fraction of sp³-hybridized carbons (Fsp3) is 0.269. The van der Waals surface area contributed by atoms with Crippen molar-refractivity contribution >= 4 is 39.0 Å². The van der Waals surface area contributed by atoms with Gasteiger partial charge in [-0.3, -0.25) is 4.79 Å². The van der Waals surface area contributed by atoms with Crippen LogP contribution in [0.1, 0.15) is 42.2 Å². The fourth-order valence-corrected chi connectivity index (χ4v) is 4.88. The van der Waals surface area contributed by atoms with Crippen LogP contribution in [0.4, 0.5) is 11.5 Å². The van der Waals surface area contributed by atoms with E-state index in [4.69, 9.17) is 0 Å². The highest BCUT2D eigenvalue weighted by atomic mass is 32.1. The highest BCUT2D eigenvalue weighted by Crippen LogP contribution is 2.40. The number of hydrogen-bond acceptors (Lipinski definition) is 5. The molecule has 2 heterocycles. The van der Waals surface area contributed by atoms with Gasteiger partial charge in [-0.2, -0.15) is 0 Å². The maximum Gasteiger partial charge on any atom is 0.226 e. The number of carbonyl (C=O) groups excluding carboxylic acids is 1. The molecule has 0 aliphatic rings. The van der Waals surface area contributed by atoms with Crippen LogP contribution in [0.15, 0.2) is 54.9 Å². The van der Waals surface area contributed by atoms with E-state index in [0.717, 1.165) is 38.4 Å². The number of rotatable bonds is 7. The van der Waals surface area contributed by atoms with Crippen LogP contribution in [0, 0.1) is 13.8 Å². The minimum Gasteiger partial charge on any atom is -0.369 e. The number of fused-ring (bicyclic) bond motifs is 1. The van der Waals surface area contributed by atoms with Gasteiger partial charge in [0.25, 0.3) is 0 Å². The van der Waals surface area contributed by atoms with Gasteiger partial charge in [0.1, 0.15) is 17.0 Å². The lowest BCUT2D eigenvalue weighted by Crippen LogP contribution is -2.17. The minimum atomic E-state index is -0.0174. The van der Waals surface area contributed by atoms with Crippen LogP contribution in [-0.2, 0) is 4.79 Å². The van der Waals surface area contributed by atoms with E-state index >= 15 is 0 Å². The Morgan fingerprint density at radius 1 is 1.03 bits per heavy atom. The third kappa shape index (κ3) is 4.65. The number of nitrogens with one attached hydrogen (secondary N) is 2. The molecule has 0 saturated carbocycles. The number of nitrogens with zero attached hydrogens (tertiary/aromatic N) is 2. The predicted octanol–water partition coefficient (Wildman–Crippen LogP) is 6.54. The van der Waals surface area contributed by atoms with Gasteiger partial charge in [0.05, 0.1) is 5.39 Å². The maximum absolute atomic E-state index is 12.6. The summed E-state index contributed by atoms with van der Waals surface area (Å²) in [7, 11) is 0. The lowest BCUT2D eigenvalue weighted by atomic mass is 10.0. The first-order valence-corrected chi connectivity index (χ1v) is 11.7. The van der Waals surface area contributed by atoms with E-state index in [-0.39, 0.29) is 5.91 Å². The maximum atomic E-state index is 12.6. The molecule has 5 nitrogen and oxygen atoms in total. The highest BCUT2D eigenvalue weighted by molar-refractivity contribution is 7.19. The van der Waals surface area contributed by atoms with E-state index < -0.39 is 0 Å². The van der Waals surface area contributed by atoms with E-state index in [0.29, 0.717) is 18.9 Å². The van der Waals surface area contributed by atoms with Crippen LogP contribution in [0.25, 0.3) is 21.3 Å². The average Bonchev–Trinajstić information content (AvgIpc) is 3.11. The largest absolute Gasteiger partial charge is 0.369 e. The van der Waals surface area contributed by atoms with E-state index in [9.17, 15) is 4.79 Å². The van der Waals surface area contributed by atoms with Crippen LogP contribution >= 0.6 is 11.3 Å². The summed E-state index contributed by atoms with van der Waals surface area (Å²) in [6.45, 7) is 8.95. The molecular formula is C26H28N4OS. The molecule has 6 heteroatoms. The number of amides is 1. The van der Waals surface area contributed by atoms with Gasteiger partial charge in [-0.25, -0.2) is 9.97 Å². The molecule has 0 atom stereocenters. The lowest BCUT2D eigenvalue weighted by molar-refractivity contribution is -0.115. The van der Waals surface area contributed by atoms with Gasteiger partial charge < -0.3 is 10.6 Å². The Hall–Kier alpha value is -3.25. The van der Waals surface area contributed by atoms with Crippen molar-refractivity contribution in [2.45, 2.75) is 40.0 Å². The number of benzene rings is 2. The van der Waals surface area contributed by atoms with E-state index in [2.05, 4.69) is 78.6 Å². The number of aromatic nitrogens is 2. The number of thiophene rings is 1. The highest BCUT2D eigenvalue weighted by Gasteiger charge is 2.17. The molecule has 2 N–H and O–H groups in total. The van der Waals surface area contributed by atoms with Crippen molar-refractivity contribution in [3.8, 4) is 11.1 Å². The van der Waals surface area contributed by atoms with Crippen molar-refractivity contribution in [3.05, 3.63) is 70.9 Å². The summed E-state index contributed by atoms with van der Waals surface area (Å²) in [6.07, 6.45) is 1.93. The van der Waals surface area contributed by atoms with Gasteiger partial charge in [0.15, 0.2) is 0 Å². The Kier molecular flexibility index (Phi) is 6.51. The molecule has 4 aromatic rings. The Morgan fingerprint density at radius 3 is 2.53 bits per heavy atom. The molecule has 0 saturated heterocycles. The zero-order chi connectivity index (χ0) is 22.7. The Morgan fingerprint density at radius 2 is 1.78 bits per heavy atom. The fourth-order valence-electron chi connectivity index (χ4n) is 3.87. The first-order chi connectivity index (χ1) is 15.4. The number of carbonyl (C=O) groups is 1. The summed E-state index contributed by atoms with van der Waals surface area (Å²) >= 11 is 1.67. The summed E-state index contributed by atoms with van der Waals surface area (Å²) in [5, 5.41) is 7.44. The van der Waals surface area contributed by atoms with Crippen molar-refractivity contribution in [2.75, 3.05) is 17.2 Å². The number of anilines is 2. The van der Waals surface area contributed by atoms with Crippen LogP contribution < -0.4 is 10.6 Å². The lowest BCUT2D eigenvalue weighted by Gasteiger charge is -2.14. The van der Waals surface area contributed by atoms with Gasteiger partial charge in [0, 0.05) is 29.1 Å². The molecule has 164 valence electrons. The Bertz CT molecular complexity index is 1240. The monoisotopic (exact) mass is 444 g/mol. The molecule has 0 unspecified atom stereocenters. The molecule has 0 aliphatic carbocycles. The first-order valence-electron chi connectivity index (χ1n) is 10.9. The molecule has 0 spiro atoms. The number of hydrogen-bond donors (Lipinski definition) is 2. The van der Waals surface area contributed by atoms with Crippen molar-refractivity contribution in [3.63, 3.8) is 0 Å². The van der Waals surface area contributed by atoms with E-state index in [1.165, 1.54) is 10.4 Å². The molecule has 0 bridgehead atoms. The molecule has 2 aromatic carbocycles. The minimum absolute atomic E-state index is 0.0174. The second-order valence-corrected chi connectivity index (χ2v) is 9.47. The Balaban J connectivity index is 1.51. The second-order valence-electron chi connectivity index (χ2n) is 8.27. The Labute approximate surface area is 192 Å². The molecule has 0 fully saturated rings. The van der Waals surface area contributed by atoms with Crippen molar-refractivity contribution in [1.29, 1.82) is 0 Å². The SMILES string of the molecule is Cc1ccc(-c2c(C)sc3ncnc(NCCC(=O)Nc4ccccc4C(C)C)c23)cc1. The summed E-state index contributed by atoms with van der Waals surface area (Å²) in [6, 6.07) is 16.5. The summed E-state index contributed by atoms with van der Waals surface area (Å²) in [5.41, 5.74) is 5.56. The van der Waals surface area contributed by atoms with Gasteiger partial charge in [0.2, 0.25) is 5.91 Å². The van der Waals surface area contributed by atoms with E-state index in [1.54, 1.807) is 17.7 Å². The topological polar surface area (TPSA) is 66.9 Å². The van der Waals surface area contributed by atoms with E-state index in [1.807, 2.05) is 18.2 Å². The first kappa shape index (κ1) is 22.0. The smallest absolute Gasteiger partial charge is 0.226 e. The zero-order valence-electron chi connectivity index (χ0n) is 18.9. The van der Waals surface area contributed by atoms with Gasteiger partial charge in [-0.1, -0.05) is 61.9 Å². The van der Waals surface area contributed by atoms with Crippen molar-refractivity contribution in [2.24, 2.45) is 0 Å². The van der Waals surface area contributed by atoms with Gasteiger partial charge in [-0.05, 0) is 37.0 Å². The molecule has 4 rings (SSSR count). The molecule has 2 aromatic heterocycles. The standard InChI is InChI=1S/C26H28N4OS/c1-16(2)20-7-5-6-8-21(20)30-22(31)13-14-27-25-24-23(19-11-9-17(3)10-12-19)18(4)32-26(24)29-15-28-25/h5-12,15-16H,13-14H2,1-4H3,(H,30,31)(H,27,28,29). The molecule has 32 heavy (non-hydrogen) atoms. The third-order valence-electron chi connectivity index (χ3n) is 5.51. The predicted molar refractivity (Wildman–Crippen MR) is 135 cm³/mol. The van der Waals surface area contributed by atoms with Crippen LogP contribution in [0.5, 0.6) is 0 Å². The quantitative estimate of drug-likeness (QED) is 0.340. The van der Waals surface area contributed by atoms with Crippen LogP contribution in [0.3, 0.4) is 0 Å². The van der Waals surface area contributed by atoms with Crippen LogP contribution in [-0.4, -0.2) is 22.4 Å². The molecule has 1 amide bonds. The van der Waals surface area contributed by atoms with Crippen molar-refractivity contribution in [1.82, 2.24) is 9.97 Å². The molecular weight excluding hydrogens is 416 g/mol. The number of aryl methyl sites for hydroxylation is 2. The summed E-state index contributed by atoms with van der Waals surface area (Å²) in [5.74, 6) is 1.10. The average molecular weight is 445 g/mol. The van der Waals surface area contributed by atoms with Crippen LogP contribution in [0.2, 0.25) is 0 Å². The summed E-state index contributed by atoms with van der Waals surface area (Å²) in [4.78, 5) is 23.7. The normalized spacial score (nSPS) is 11.2. The van der Waals surface area contributed by atoms with Crippen molar-refractivity contribution < 1.29 is 4.79 Å². The molecule has 0 radical (unpaired) electrons. The van der Waals surface area contributed by atoms with Gasteiger partial charge in [-0.15, -0.1) is 11.3 Å². The third-order valence-corrected chi connectivity index (χ3v) is 6.52. The summed E-state index contributed by atoms with van der Waals surface area (Å²) < 4.78 is 0. The molecule has 0 aliphatic heterocycles.